The average molecular weight is 354 g/mol. The van der Waals surface area contributed by atoms with E-state index in [-0.39, 0.29) is 18.0 Å². The Hall–Kier alpha value is -1.99. The quantitative estimate of drug-likeness (QED) is 0.800. The minimum absolute atomic E-state index is 0.158. The second kappa shape index (κ2) is 7.27. The van der Waals surface area contributed by atoms with Crippen LogP contribution in [0.4, 0.5) is 14.5 Å². The molecular weight excluding hydrogens is 334 g/mol. The zero-order valence-corrected chi connectivity index (χ0v) is 14.6. The van der Waals surface area contributed by atoms with Gasteiger partial charge in [0.15, 0.2) is 11.6 Å². The van der Waals surface area contributed by atoms with Gasteiger partial charge in [0, 0.05) is 32.9 Å². The molecule has 0 bridgehead atoms. The van der Waals surface area contributed by atoms with Crippen molar-refractivity contribution in [2.45, 2.75) is 18.4 Å². The number of rotatable bonds is 6. The number of nitrogens with zero attached hydrogens (tertiary/aromatic N) is 2. The number of benzene rings is 2. The van der Waals surface area contributed by atoms with Crippen molar-refractivity contribution in [3.8, 4) is 0 Å². The van der Waals surface area contributed by atoms with Crippen LogP contribution in [0.5, 0.6) is 0 Å². The van der Waals surface area contributed by atoms with Gasteiger partial charge in [0.2, 0.25) is 10.0 Å². The first-order chi connectivity index (χ1) is 11.3. The third-order valence-electron chi connectivity index (χ3n) is 3.69. The molecule has 2 rings (SSSR count). The normalized spacial score (nSPS) is 11.8. The van der Waals surface area contributed by atoms with E-state index in [1.807, 2.05) is 43.3 Å². The van der Waals surface area contributed by atoms with E-state index >= 15 is 0 Å². The van der Waals surface area contributed by atoms with Crippen molar-refractivity contribution >= 4 is 15.7 Å². The Bertz CT molecular complexity index is 806. The van der Waals surface area contributed by atoms with Gasteiger partial charge in [0.25, 0.3) is 0 Å². The predicted molar refractivity (Wildman–Crippen MR) is 90.4 cm³/mol. The van der Waals surface area contributed by atoms with Crippen LogP contribution in [0.3, 0.4) is 0 Å². The fourth-order valence-electron chi connectivity index (χ4n) is 2.26. The minimum Gasteiger partial charge on any atom is -0.378 e. The molecule has 0 aromatic heterocycles. The lowest BCUT2D eigenvalue weighted by atomic mass is 10.2. The maximum Gasteiger partial charge on any atom is 0.243 e. The summed E-state index contributed by atoms with van der Waals surface area (Å²) in [5, 5.41) is 0. The molecule has 0 unspecified atom stereocenters. The van der Waals surface area contributed by atoms with Crippen LogP contribution in [-0.2, 0) is 16.6 Å². The first kappa shape index (κ1) is 18.4. The molecule has 7 heteroatoms. The minimum atomic E-state index is -3.90. The van der Waals surface area contributed by atoms with E-state index in [2.05, 4.69) is 0 Å². The van der Waals surface area contributed by atoms with E-state index in [0.29, 0.717) is 6.07 Å². The average Bonchev–Trinajstić information content (AvgIpc) is 2.55. The highest BCUT2D eigenvalue weighted by molar-refractivity contribution is 7.89. The Morgan fingerprint density at radius 1 is 0.958 bits per heavy atom. The third kappa shape index (κ3) is 3.91. The fourth-order valence-corrected chi connectivity index (χ4v) is 3.71. The molecule has 0 aliphatic carbocycles. The molecule has 4 nitrogen and oxygen atoms in total. The summed E-state index contributed by atoms with van der Waals surface area (Å²) in [5.74, 6) is -2.25. The SMILES string of the molecule is CCN(Cc1ccc(N(C)C)cc1)S(=O)(=O)c1ccc(F)c(F)c1. The molecule has 0 saturated heterocycles. The van der Waals surface area contributed by atoms with Crippen molar-refractivity contribution in [1.29, 1.82) is 0 Å². The molecule has 0 radical (unpaired) electrons. The van der Waals surface area contributed by atoms with E-state index in [9.17, 15) is 17.2 Å². The number of halogens is 2. The number of sulfonamides is 1. The van der Waals surface area contributed by atoms with Crippen LogP contribution in [0.1, 0.15) is 12.5 Å². The van der Waals surface area contributed by atoms with Gasteiger partial charge in [0.05, 0.1) is 4.90 Å². The molecular formula is C17H20F2N2O2S. The molecule has 130 valence electrons. The summed E-state index contributed by atoms with van der Waals surface area (Å²) in [6, 6.07) is 10.1. The van der Waals surface area contributed by atoms with Crippen LogP contribution in [-0.4, -0.2) is 33.4 Å². The molecule has 0 fully saturated rings. The van der Waals surface area contributed by atoms with Gasteiger partial charge in [-0.2, -0.15) is 4.31 Å². The zero-order chi connectivity index (χ0) is 17.9. The molecule has 0 heterocycles. The maximum atomic E-state index is 13.4. The third-order valence-corrected chi connectivity index (χ3v) is 5.61. The van der Waals surface area contributed by atoms with Crippen molar-refractivity contribution in [2.24, 2.45) is 0 Å². The second-order valence-corrected chi connectivity index (χ2v) is 7.51. The van der Waals surface area contributed by atoms with Crippen LogP contribution in [0.15, 0.2) is 47.4 Å². The lowest BCUT2D eigenvalue weighted by molar-refractivity contribution is 0.422. The monoisotopic (exact) mass is 354 g/mol. The smallest absolute Gasteiger partial charge is 0.243 e. The van der Waals surface area contributed by atoms with Crippen molar-refractivity contribution in [3.63, 3.8) is 0 Å². The van der Waals surface area contributed by atoms with E-state index in [0.717, 1.165) is 23.4 Å². The summed E-state index contributed by atoms with van der Waals surface area (Å²) in [4.78, 5) is 1.69. The molecule has 0 saturated carbocycles. The Kier molecular flexibility index (Phi) is 5.56. The summed E-state index contributed by atoms with van der Waals surface area (Å²) in [5.41, 5.74) is 1.82. The van der Waals surface area contributed by atoms with Gasteiger partial charge in [-0.05, 0) is 35.9 Å². The Labute approximate surface area is 141 Å². The lowest BCUT2D eigenvalue weighted by Gasteiger charge is -2.21. The Morgan fingerprint density at radius 2 is 1.58 bits per heavy atom. The highest BCUT2D eigenvalue weighted by Crippen LogP contribution is 2.21. The van der Waals surface area contributed by atoms with Gasteiger partial charge in [-0.15, -0.1) is 0 Å². The molecule has 2 aromatic rings. The molecule has 0 atom stereocenters. The predicted octanol–water partition coefficient (Wildman–Crippen LogP) is 3.24. The molecule has 2 aromatic carbocycles. The summed E-state index contributed by atoms with van der Waals surface area (Å²) < 4.78 is 52.9. The van der Waals surface area contributed by atoms with Gasteiger partial charge in [-0.3, -0.25) is 0 Å². The molecule has 0 spiro atoms. The maximum absolute atomic E-state index is 13.4. The largest absolute Gasteiger partial charge is 0.378 e. The molecule has 24 heavy (non-hydrogen) atoms. The highest BCUT2D eigenvalue weighted by Gasteiger charge is 2.24. The first-order valence-electron chi connectivity index (χ1n) is 7.47. The molecule has 0 amide bonds. The van der Waals surface area contributed by atoms with Gasteiger partial charge >= 0.3 is 0 Å². The van der Waals surface area contributed by atoms with Crippen LogP contribution in [0, 0.1) is 11.6 Å². The standard InChI is InChI=1S/C17H20F2N2O2S/c1-4-21(12-13-5-7-14(8-6-13)20(2)3)24(22,23)15-9-10-16(18)17(19)11-15/h5-11H,4,12H2,1-3H3. The van der Waals surface area contributed by atoms with E-state index < -0.39 is 21.7 Å². The molecule has 0 aliphatic rings. The summed E-state index contributed by atoms with van der Waals surface area (Å²) in [7, 11) is -0.0637. The first-order valence-corrected chi connectivity index (χ1v) is 8.91. The molecule has 0 aliphatic heterocycles. The fraction of sp³-hybridized carbons (Fsp3) is 0.294. The van der Waals surface area contributed by atoms with Crippen molar-refractivity contribution < 1.29 is 17.2 Å². The van der Waals surface area contributed by atoms with Crippen molar-refractivity contribution in [1.82, 2.24) is 4.31 Å². The van der Waals surface area contributed by atoms with E-state index in [1.54, 1.807) is 6.92 Å². The van der Waals surface area contributed by atoms with Crippen molar-refractivity contribution in [3.05, 3.63) is 59.7 Å². The van der Waals surface area contributed by atoms with Crippen LogP contribution < -0.4 is 4.90 Å². The van der Waals surface area contributed by atoms with E-state index in [1.165, 1.54) is 4.31 Å². The highest BCUT2D eigenvalue weighted by atomic mass is 32.2. The van der Waals surface area contributed by atoms with Crippen LogP contribution in [0.25, 0.3) is 0 Å². The van der Waals surface area contributed by atoms with Gasteiger partial charge in [-0.1, -0.05) is 19.1 Å². The van der Waals surface area contributed by atoms with Crippen LogP contribution in [0.2, 0.25) is 0 Å². The number of hydrogen-bond donors (Lipinski definition) is 0. The van der Waals surface area contributed by atoms with Gasteiger partial charge in [0.1, 0.15) is 0 Å². The Morgan fingerprint density at radius 3 is 2.08 bits per heavy atom. The topological polar surface area (TPSA) is 40.6 Å². The van der Waals surface area contributed by atoms with Gasteiger partial charge in [-0.25, -0.2) is 17.2 Å². The van der Waals surface area contributed by atoms with Crippen LogP contribution >= 0.6 is 0 Å². The Balaban J connectivity index is 2.27. The lowest BCUT2D eigenvalue weighted by Crippen LogP contribution is -2.30. The summed E-state index contributed by atoms with van der Waals surface area (Å²) >= 11 is 0. The van der Waals surface area contributed by atoms with Crippen molar-refractivity contribution in [2.75, 3.05) is 25.5 Å². The second-order valence-electron chi connectivity index (χ2n) is 5.57. The summed E-state index contributed by atoms with van der Waals surface area (Å²) in [6.07, 6.45) is 0. The number of anilines is 1. The van der Waals surface area contributed by atoms with Gasteiger partial charge < -0.3 is 4.90 Å². The van der Waals surface area contributed by atoms with E-state index in [4.69, 9.17) is 0 Å². The zero-order valence-electron chi connectivity index (χ0n) is 13.8. The molecule has 0 N–H and O–H groups in total. The summed E-state index contributed by atoms with van der Waals surface area (Å²) in [6.45, 7) is 2.08. The number of hydrogen-bond acceptors (Lipinski definition) is 3.